The lowest BCUT2D eigenvalue weighted by atomic mass is 9.98. The fraction of sp³-hybridized carbons (Fsp3) is 0.522. The van der Waals surface area contributed by atoms with Gasteiger partial charge in [0.2, 0.25) is 17.7 Å². The van der Waals surface area contributed by atoms with E-state index in [9.17, 15) is 24.0 Å². The van der Waals surface area contributed by atoms with E-state index in [1.54, 1.807) is 30.1 Å². The number of fused-ring (bicyclic) bond motifs is 1. The van der Waals surface area contributed by atoms with E-state index in [0.29, 0.717) is 24.9 Å². The first-order valence-corrected chi connectivity index (χ1v) is 10.9. The third kappa shape index (κ3) is 4.38. The van der Waals surface area contributed by atoms with Crippen LogP contribution in [0.15, 0.2) is 18.2 Å². The van der Waals surface area contributed by atoms with E-state index >= 15 is 0 Å². The fourth-order valence-electron chi connectivity index (χ4n) is 4.36. The van der Waals surface area contributed by atoms with Crippen LogP contribution in [0.3, 0.4) is 0 Å². The average Bonchev–Trinajstić information content (AvgIpc) is 3.00. The van der Waals surface area contributed by atoms with Gasteiger partial charge in [-0.1, -0.05) is 26.0 Å². The van der Waals surface area contributed by atoms with Crippen LogP contribution < -0.4 is 5.32 Å². The SMILES string of the molecule is CCC(CC)C(=O)N(C)CCCc1cccc2c1C(=O)N(C1CCC(=O)NC1=O)C2=O. The van der Waals surface area contributed by atoms with E-state index < -0.39 is 29.7 Å². The second-order valence-corrected chi connectivity index (χ2v) is 8.16. The van der Waals surface area contributed by atoms with Gasteiger partial charge >= 0.3 is 0 Å². The van der Waals surface area contributed by atoms with Crippen LogP contribution in [0.4, 0.5) is 0 Å². The van der Waals surface area contributed by atoms with Gasteiger partial charge in [-0.05, 0) is 43.7 Å². The highest BCUT2D eigenvalue weighted by molar-refractivity contribution is 6.24. The van der Waals surface area contributed by atoms with Crippen molar-refractivity contribution in [3.05, 3.63) is 34.9 Å². The molecule has 0 radical (unpaired) electrons. The van der Waals surface area contributed by atoms with E-state index in [1.807, 2.05) is 13.8 Å². The summed E-state index contributed by atoms with van der Waals surface area (Å²) in [5.74, 6) is -1.87. The normalized spacial score (nSPS) is 18.5. The molecule has 2 heterocycles. The van der Waals surface area contributed by atoms with Gasteiger partial charge in [0.15, 0.2) is 0 Å². The Labute approximate surface area is 182 Å². The molecule has 2 aliphatic rings. The summed E-state index contributed by atoms with van der Waals surface area (Å²) < 4.78 is 0. The summed E-state index contributed by atoms with van der Waals surface area (Å²) in [6.45, 7) is 4.56. The van der Waals surface area contributed by atoms with E-state index in [1.165, 1.54) is 0 Å². The minimum Gasteiger partial charge on any atom is -0.346 e. The second-order valence-electron chi connectivity index (χ2n) is 8.16. The van der Waals surface area contributed by atoms with Crippen molar-refractivity contribution in [1.29, 1.82) is 0 Å². The molecule has 1 atom stereocenters. The van der Waals surface area contributed by atoms with E-state index in [-0.39, 0.29) is 30.2 Å². The Kier molecular flexibility index (Phi) is 6.87. The van der Waals surface area contributed by atoms with E-state index in [2.05, 4.69) is 5.32 Å². The van der Waals surface area contributed by atoms with Crippen molar-refractivity contribution in [1.82, 2.24) is 15.1 Å². The van der Waals surface area contributed by atoms with Crippen LogP contribution in [0.25, 0.3) is 0 Å². The minimum absolute atomic E-state index is 0.0206. The zero-order valence-corrected chi connectivity index (χ0v) is 18.3. The van der Waals surface area contributed by atoms with Gasteiger partial charge in [-0.25, -0.2) is 0 Å². The lowest BCUT2D eigenvalue weighted by Gasteiger charge is -2.27. The third-order valence-electron chi connectivity index (χ3n) is 6.21. The quantitative estimate of drug-likeness (QED) is 0.639. The first kappa shape index (κ1) is 22.7. The Hall–Kier alpha value is -3.03. The van der Waals surface area contributed by atoms with Gasteiger partial charge < -0.3 is 4.90 Å². The maximum absolute atomic E-state index is 13.1. The molecule has 0 saturated carbocycles. The molecule has 1 saturated heterocycles. The Balaban J connectivity index is 1.71. The molecule has 1 fully saturated rings. The summed E-state index contributed by atoms with van der Waals surface area (Å²) >= 11 is 0. The largest absolute Gasteiger partial charge is 0.346 e. The smallest absolute Gasteiger partial charge is 0.262 e. The molecule has 1 aromatic carbocycles. The highest BCUT2D eigenvalue weighted by Crippen LogP contribution is 2.30. The Morgan fingerprint density at radius 2 is 1.87 bits per heavy atom. The number of imide groups is 2. The Morgan fingerprint density at radius 1 is 1.16 bits per heavy atom. The number of carbonyl (C=O) groups is 5. The van der Waals surface area contributed by atoms with Gasteiger partial charge in [-0.2, -0.15) is 0 Å². The maximum atomic E-state index is 13.1. The summed E-state index contributed by atoms with van der Waals surface area (Å²) in [6.07, 6.45) is 3.02. The topological polar surface area (TPSA) is 104 Å². The van der Waals surface area contributed by atoms with Crippen LogP contribution in [0.1, 0.15) is 72.2 Å². The Bertz CT molecular complexity index is 922. The van der Waals surface area contributed by atoms with Gasteiger partial charge in [0.25, 0.3) is 11.8 Å². The predicted molar refractivity (Wildman–Crippen MR) is 113 cm³/mol. The molecule has 5 amide bonds. The molecule has 8 nitrogen and oxygen atoms in total. The summed E-state index contributed by atoms with van der Waals surface area (Å²) in [7, 11) is 1.79. The number of nitrogens with one attached hydrogen (secondary N) is 1. The van der Waals surface area contributed by atoms with E-state index in [0.717, 1.165) is 23.3 Å². The van der Waals surface area contributed by atoms with Crippen molar-refractivity contribution in [2.75, 3.05) is 13.6 Å². The lowest BCUT2D eigenvalue weighted by molar-refractivity contribution is -0.136. The highest BCUT2D eigenvalue weighted by atomic mass is 16.2. The summed E-state index contributed by atoms with van der Waals surface area (Å²) in [5, 5.41) is 2.20. The number of benzene rings is 1. The van der Waals surface area contributed by atoms with Crippen LogP contribution >= 0.6 is 0 Å². The first-order chi connectivity index (χ1) is 14.8. The molecule has 166 valence electrons. The van der Waals surface area contributed by atoms with Crippen LogP contribution in [-0.4, -0.2) is 59.0 Å². The predicted octanol–water partition coefficient (Wildman–Crippen LogP) is 1.91. The molecule has 1 unspecified atom stereocenters. The second kappa shape index (κ2) is 9.41. The van der Waals surface area contributed by atoms with Crippen molar-refractivity contribution in [3.63, 3.8) is 0 Å². The first-order valence-electron chi connectivity index (χ1n) is 10.9. The van der Waals surface area contributed by atoms with Crippen molar-refractivity contribution in [3.8, 4) is 0 Å². The lowest BCUT2D eigenvalue weighted by Crippen LogP contribution is -2.54. The van der Waals surface area contributed by atoms with Gasteiger partial charge in [0.05, 0.1) is 11.1 Å². The van der Waals surface area contributed by atoms with Crippen LogP contribution in [0.2, 0.25) is 0 Å². The van der Waals surface area contributed by atoms with Crippen LogP contribution in [-0.2, 0) is 20.8 Å². The van der Waals surface area contributed by atoms with Gasteiger partial charge in [-0.3, -0.25) is 34.2 Å². The summed E-state index contributed by atoms with van der Waals surface area (Å²) in [6, 6.07) is 4.16. The molecule has 1 aromatic rings. The summed E-state index contributed by atoms with van der Waals surface area (Å²) in [4.78, 5) is 64.8. The number of amides is 5. The van der Waals surface area contributed by atoms with Gasteiger partial charge in [0, 0.05) is 25.9 Å². The number of nitrogens with zero attached hydrogens (tertiary/aromatic N) is 2. The molecule has 8 heteroatoms. The molecule has 1 N–H and O–H groups in total. The zero-order valence-electron chi connectivity index (χ0n) is 18.3. The van der Waals surface area contributed by atoms with Crippen LogP contribution in [0, 0.1) is 5.92 Å². The molecule has 0 spiro atoms. The molecule has 3 rings (SSSR count). The van der Waals surface area contributed by atoms with Crippen molar-refractivity contribution >= 4 is 29.5 Å². The number of aryl methyl sites for hydroxylation is 1. The maximum Gasteiger partial charge on any atom is 0.262 e. The highest BCUT2D eigenvalue weighted by Gasteiger charge is 2.45. The summed E-state index contributed by atoms with van der Waals surface area (Å²) in [5.41, 5.74) is 1.34. The number of rotatable bonds is 8. The van der Waals surface area contributed by atoms with Gasteiger partial charge in [0.1, 0.15) is 6.04 Å². The average molecular weight is 428 g/mol. The van der Waals surface area contributed by atoms with Crippen molar-refractivity contribution in [2.45, 2.75) is 58.4 Å². The fourth-order valence-corrected chi connectivity index (χ4v) is 4.36. The monoisotopic (exact) mass is 427 g/mol. The van der Waals surface area contributed by atoms with Crippen LogP contribution in [0.5, 0.6) is 0 Å². The van der Waals surface area contributed by atoms with Crippen molar-refractivity contribution < 1.29 is 24.0 Å². The molecule has 2 aliphatic heterocycles. The molecule has 0 aliphatic carbocycles. The van der Waals surface area contributed by atoms with E-state index in [4.69, 9.17) is 0 Å². The number of piperidine rings is 1. The molecule has 0 bridgehead atoms. The molecule has 31 heavy (non-hydrogen) atoms. The van der Waals surface area contributed by atoms with Crippen molar-refractivity contribution in [2.24, 2.45) is 5.92 Å². The third-order valence-corrected chi connectivity index (χ3v) is 6.21. The minimum atomic E-state index is -0.971. The molecular formula is C23H29N3O5. The number of hydrogen-bond donors (Lipinski definition) is 1. The van der Waals surface area contributed by atoms with Gasteiger partial charge in [-0.15, -0.1) is 0 Å². The zero-order chi connectivity index (χ0) is 22.7. The Morgan fingerprint density at radius 3 is 2.52 bits per heavy atom. The number of carbonyl (C=O) groups excluding carboxylic acids is 5. The molecule has 0 aromatic heterocycles. The number of hydrogen-bond acceptors (Lipinski definition) is 5. The molecular weight excluding hydrogens is 398 g/mol. The standard InChI is InChI=1S/C23H29N3O5/c1-4-14(5-2)21(29)25(3)13-7-9-15-8-6-10-16-19(15)23(31)26(22(16)30)17-11-12-18(27)24-20(17)28/h6,8,10,14,17H,4-5,7,9,11-13H2,1-3H3,(H,24,27,28).